The normalized spacial score (nSPS) is 27.7. The lowest BCUT2D eigenvalue weighted by Gasteiger charge is -2.52. The van der Waals surface area contributed by atoms with Gasteiger partial charge < -0.3 is 0 Å². The van der Waals surface area contributed by atoms with Gasteiger partial charge in [-0.2, -0.15) is 0 Å². The third-order valence-corrected chi connectivity index (χ3v) is 5.60. The molecule has 0 bridgehead atoms. The highest BCUT2D eigenvalue weighted by molar-refractivity contribution is 6.28. The van der Waals surface area contributed by atoms with Crippen molar-refractivity contribution in [1.82, 2.24) is 19.9 Å². The zero-order valence-corrected chi connectivity index (χ0v) is 16.7. The van der Waals surface area contributed by atoms with Crippen molar-refractivity contribution in [2.75, 3.05) is 0 Å². The summed E-state index contributed by atoms with van der Waals surface area (Å²) in [6.07, 6.45) is 2.77. The van der Waals surface area contributed by atoms with E-state index >= 15 is 0 Å². The average molecular weight is 443 g/mol. The lowest BCUT2D eigenvalue weighted by Crippen LogP contribution is -2.41. The van der Waals surface area contributed by atoms with Gasteiger partial charge in [-0.1, -0.05) is 60.4 Å². The van der Waals surface area contributed by atoms with Gasteiger partial charge in [-0.25, -0.2) is 19.9 Å². The molecule has 0 radical (unpaired) electrons. The molecule has 0 unspecified atom stereocenters. The second-order valence-electron chi connectivity index (χ2n) is 6.68. The molecule has 4 aromatic rings. The van der Waals surface area contributed by atoms with Crippen molar-refractivity contribution in [3.63, 3.8) is 0 Å². The smallest absolute Gasteiger partial charge is 0.222 e. The largest absolute Gasteiger partial charge is 0.227 e. The highest BCUT2D eigenvalue weighted by atomic mass is 35.5. The Bertz CT molecular complexity index is 1500. The predicted octanol–water partition coefficient (Wildman–Crippen LogP) is 6.02. The monoisotopic (exact) mass is 442 g/mol. The minimum absolute atomic E-state index is 0.0333. The minimum atomic E-state index is -0.909. The summed E-state index contributed by atoms with van der Waals surface area (Å²) < 4.78 is 84.0. The highest BCUT2D eigenvalue weighted by Gasteiger charge is 2.54. The molecule has 1 fully saturated rings. The molecule has 1 aliphatic rings. The van der Waals surface area contributed by atoms with Gasteiger partial charge in [0.2, 0.25) is 10.6 Å². The van der Waals surface area contributed by atoms with Crippen LogP contribution in [0.5, 0.6) is 0 Å². The summed E-state index contributed by atoms with van der Waals surface area (Å²) in [4.78, 5) is 16.5. The van der Waals surface area contributed by atoms with Crippen LogP contribution in [0.2, 0.25) is 10.6 Å². The highest BCUT2D eigenvalue weighted by Crippen LogP contribution is 2.65. The fourth-order valence-corrected chi connectivity index (χ4v) is 4.43. The second-order valence-corrected chi connectivity index (χ2v) is 7.36. The van der Waals surface area contributed by atoms with E-state index in [-0.39, 0.29) is 21.7 Å². The van der Waals surface area contributed by atoms with Crippen LogP contribution in [0.3, 0.4) is 0 Å². The maximum atomic E-state index is 8.69. The fraction of sp³-hybridized carbons (Fsp3) is 0.167. The van der Waals surface area contributed by atoms with Crippen molar-refractivity contribution in [2.45, 2.75) is 23.7 Å². The predicted molar refractivity (Wildman–Crippen MR) is 118 cm³/mol. The maximum Gasteiger partial charge on any atom is 0.222 e. The van der Waals surface area contributed by atoms with Gasteiger partial charge >= 0.3 is 0 Å². The van der Waals surface area contributed by atoms with Crippen LogP contribution in [0.15, 0.2) is 85.0 Å². The van der Waals surface area contributed by atoms with Gasteiger partial charge in [0.15, 0.2) is 0 Å². The average Bonchev–Trinajstić information content (AvgIpc) is 2.91. The van der Waals surface area contributed by atoms with Crippen molar-refractivity contribution < 1.29 is 13.7 Å². The summed E-state index contributed by atoms with van der Waals surface area (Å²) in [6, 6.07) is -1.99. The van der Waals surface area contributed by atoms with Crippen LogP contribution < -0.4 is 0 Å². The molecule has 6 heteroatoms. The summed E-state index contributed by atoms with van der Waals surface area (Å²) >= 11 is 12.2. The zero-order valence-electron chi connectivity index (χ0n) is 25.2. The van der Waals surface area contributed by atoms with E-state index in [1.165, 1.54) is 24.5 Å². The molecule has 2 heterocycles. The van der Waals surface area contributed by atoms with Crippen molar-refractivity contribution in [3.8, 4) is 0 Å². The Kier molecular flexibility index (Phi) is 2.98. The summed E-state index contributed by atoms with van der Waals surface area (Å²) in [5, 5.41) is -0.240. The van der Waals surface area contributed by atoms with Crippen LogP contribution in [0.25, 0.3) is 0 Å². The van der Waals surface area contributed by atoms with E-state index in [2.05, 4.69) is 19.9 Å². The van der Waals surface area contributed by atoms with E-state index < -0.39 is 84.1 Å². The van der Waals surface area contributed by atoms with Crippen LogP contribution in [0, 0.1) is 0 Å². The van der Waals surface area contributed by atoms with Gasteiger partial charge in [-0.05, 0) is 46.5 Å². The van der Waals surface area contributed by atoms with Gasteiger partial charge in [0.1, 0.15) is 0 Å². The quantitative estimate of drug-likeness (QED) is 0.362. The number of halogens is 2. The molecule has 30 heavy (non-hydrogen) atoms. The molecule has 0 spiro atoms. The summed E-state index contributed by atoms with van der Waals surface area (Å²) in [5.41, 5.74) is 0.526. The van der Waals surface area contributed by atoms with Crippen molar-refractivity contribution in [3.05, 3.63) is 118 Å². The molecule has 0 atom stereocenters. The molecule has 0 saturated heterocycles. The Balaban J connectivity index is 1.88. The SMILES string of the molecule is [2H]c1c([2H])c([2H])c(C2C(c3ccnc(Cl)n3)C(c3c([2H])c([2H])c([2H])c([2H])c3[2H])C2c2ccnc(Cl)n2)c([2H])c1[2H]. The molecular weight excluding hydrogens is 415 g/mol. The Morgan fingerprint density at radius 2 is 1.00 bits per heavy atom. The Morgan fingerprint density at radius 1 is 0.600 bits per heavy atom. The standard InChI is InChI=1S/C24H18Cl2N4/c25-23-27-13-11-17(29-23)21-19(15-7-3-1-4-8-15)22(18-12-14-28-24(26)30-18)20(21)16-9-5-2-6-10-16/h1-14,19-22H/i1D,2D,3D,4D,5D,6D,7D,8D,9D,10D. The van der Waals surface area contributed by atoms with E-state index in [0.29, 0.717) is 11.4 Å². The number of hydrogen-bond acceptors (Lipinski definition) is 4. The molecule has 1 aliphatic carbocycles. The van der Waals surface area contributed by atoms with E-state index in [0.717, 1.165) is 0 Å². The van der Waals surface area contributed by atoms with E-state index in [1.807, 2.05) is 0 Å². The molecule has 5 rings (SSSR count). The van der Waals surface area contributed by atoms with Crippen LogP contribution in [-0.4, -0.2) is 19.9 Å². The van der Waals surface area contributed by atoms with Gasteiger partial charge in [0.25, 0.3) is 0 Å². The fourth-order valence-electron chi connectivity index (χ4n) is 4.12. The molecular formula is C24H18Cl2N4. The molecule has 2 aromatic heterocycles. The van der Waals surface area contributed by atoms with Crippen LogP contribution in [-0.2, 0) is 0 Å². The Labute approximate surface area is 199 Å². The molecule has 148 valence electrons. The first-order valence-corrected chi connectivity index (χ1v) is 9.72. The van der Waals surface area contributed by atoms with E-state index in [1.54, 1.807) is 0 Å². The summed E-state index contributed by atoms with van der Waals surface area (Å²) in [7, 11) is 0. The van der Waals surface area contributed by atoms with Gasteiger partial charge in [-0.3, -0.25) is 0 Å². The maximum absolute atomic E-state index is 8.69. The summed E-state index contributed by atoms with van der Waals surface area (Å²) in [6.45, 7) is 0. The Morgan fingerprint density at radius 3 is 1.37 bits per heavy atom. The first-order chi connectivity index (χ1) is 18.9. The first kappa shape index (κ1) is 11.0. The number of hydrogen-bond donors (Lipinski definition) is 0. The molecule has 0 amide bonds. The summed E-state index contributed by atoms with van der Waals surface area (Å²) in [5.74, 6) is -3.53. The molecule has 4 nitrogen and oxygen atoms in total. The number of benzene rings is 2. The van der Waals surface area contributed by atoms with Crippen molar-refractivity contribution in [2.24, 2.45) is 0 Å². The Hall–Kier alpha value is -2.82. The van der Waals surface area contributed by atoms with E-state index in [4.69, 9.17) is 36.9 Å². The van der Waals surface area contributed by atoms with Crippen molar-refractivity contribution in [1.29, 1.82) is 0 Å². The molecule has 2 aromatic carbocycles. The minimum Gasteiger partial charge on any atom is -0.227 e. The lowest BCUT2D eigenvalue weighted by atomic mass is 9.50. The lowest BCUT2D eigenvalue weighted by molar-refractivity contribution is 0.220. The third-order valence-electron chi connectivity index (χ3n) is 5.23. The van der Waals surface area contributed by atoms with Gasteiger partial charge in [0, 0.05) is 47.5 Å². The number of rotatable bonds is 4. The van der Waals surface area contributed by atoms with E-state index in [9.17, 15) is 0 Å². The first-order valence-electron chi connectivity index (χ1n) is 14.0. The molecule has 0 aliphatic heterocycles. The van der Waals surface area contributed by atoms with Gasteiger partial charge in [0.05, 0.1) is 13.7 Å². The molecule has 1 saturated carbocycles. The number of nitrogens with zero attached hydrogens (tertiary/aromatic N) is 4. The number of aromatic nitrogens is 4. The third kappa shape index (κ3) is 3.47. The van der Waals surface area contributed by atoms with Crippen LogP contribution in [0.1, 0.15) is 59.9 Å². The second kappa shape index (κ2) is 8.13. The van der Waals surface area contributed by atoms with Gasteiger partial charge in [-0.15, -0.1) is 0 Å². The topological polar surface area (TPSA) is 51.6 Å². The van der Waals surface area contributed by atoms with Crippen LogP contribution >= 0.6 is 23.2 Å². The zero-order chi connectivity index (χ0) is 29.2. The molecule has 0 N–H and O–H groups in total. The van der Waals surface area contributed by atoms with Crippen molar-refractivity contribution >= 4 is 23.2 Å². The van der Waals surface area contributed by atoms with Crippen LogP contribution in [0.4, 0.5) is 0 Å².